The van der Waals surface area contributed by atoms with Crippen LogP contribution in [-0.2, 0) is 12.1 Å². The number of H-pyrrole nitrogens is 1. The third-order valence-electron chi connectivity index (χ3n) is 5.93. The van der Waals surface area contributed by atoms with Crippen molar-refractivity contribution in [2.45, 2.75) is 73.0 Å². The molecule has 2 aromatic heterocycles. The summed E-state index contributed by atoms with van der Waals surface area (Å²) in [5.74, 6) is 0.972. The molecule has 0 fully saturated rings. The second-order valence-electron chi connectivity index (χ2n) is 10.0. The molecule has 0 saturated carbocycles. The fourth-order valence-electron chi connectivity index (χ4n) is 4.19. The molecule has 8 heteroatoms. The highest BCUT2D eigenvalue weighted by Gasteiger charge is 2.32. The third-order valence-corrected chi connectivity index (χ3v) is 5.93. The number of rotatable bonds is 8. The van der Waals surface area contributed by atoms with E-state index in [1.54, 1.807) is 0 Å². The van der Waals surface area contributed by atoms with Crippen molar-refractivity contribution in [2.24, 2.45) is 5.92 Å². The maximum absolute atomic E-state index is 13.0. The van der Waals surface area contributed by atoms with Crippen molar-refractivity contribution >= 4 is 10.9 Å². The van der Waals surface area contributed by atoms with Crippen LogP contribution < -0.4 is 5.56 Å². The van der Waals surface area contributed by atoms with Crippen molar-refractivity contribution in [3.05, 3.63) is 51.1 Å². The predicted octanol–water partition coefficient (Wildman–Crippen LogP) is 3.47. The van der Waals surface area contributed by atoms with Crippen LogP contribution in [0.15, 0.2) is 23.0 Å². The SMILES string of the molecule is Cc1cc2cc(CN(CCCO)[C@H](c3nnnn3C(C)(C)C)C(C)C)c(=O)[nH]c2cc1C. The zero-order chi connectivity index (χ0) is 23.6. The normalized spacial score (nSPS) is 13.4. The smallest absolute Gasteiger partial charge is 0.252 e. The lowest BCUT2D eigenvalue weighted by Crippen LogP contribution is -2.38. The monoisotopic (exact) mass is 440 g/mol. The van der Waals surface area contributed by atoms with Crippen LogP contribution >= 0.6 is 0 Å². The van der Waals surface area contributed by atoms with Crippen molar-refractivity contribution in [2.75, 3.05) is 13.2 Å². The van der Waals surface area contributed by atoms with Gasteiger partial charge in [0.15, 0.2) is 5.82 Å². The Labute approximate surface area is 189 Å². The van der Waals surface area contributed by atoms with E-state index >= 15 is 0 Å². The number of pyridine rings is 1. The minimum Gasteiger partial charge on any atom is -0.396 e. The number of tetrazole rings is 1. The molecule has 2 heterocycles. The van der Waals surface area contributed by atoms with Crippen LogP contribution in [0, 0.1) is 19.8 Å². The topological polar surface area (TPSA) is 99.9 Å². The van der Waals surface area contributed by atoms with Crippen LogP contribution in [0.4, 0.5) is 0 Å². The molecular weight excluding hydrogens is 404 g/mol. The summed E-state index contributed by atoms with van der Waals surface area (Å²) in [7, 11) is 0. The molecule has 3 aromatic rings. The molecule has 0 aliphatic carbocycles. The van der Waals surface area contributed by atoms with Gasteiger partial charge in [-0.15, -0.1) is 5.10 Å². The molecular formula is C24H36N6O2. The van der Waals surface area contributed by atoms with Gasteiger partial charge in [-0.3, -0.25) is 9.69 Å². The number of hydrogen-bond acceptors (Lipinski definition) is 6. The van der Waals surface area contributed by atoms with Gasteiger partial charge in [0.1, 0.15) is 0 Å². The lowest BCUT2D eigenvalue weighted by molar-refractivity contribution is 0.116. The molecule has 0 spiro atoms. The van der Waals surface area contributed by atoms with Crippen LogP contribution in [0.5, 0.6) is 0 Å². The van der Waals surface area contributed by atoms with Crippen LogP contribution in [0.2, 0.25) is 0 Å². The van der Waals surface area contributed by atoms with Crippen molar-refractivity contribution < 1.29 is 5.11 Å². The third kappa shape index (κ3) is 5.07. The minimum absolute atomic E-state index is 0.0814. The molecule has 32 heavy (non-hydrogen) atoms. The molecule has 8 nitrogen and oxygen atoms in total. The maximum atomic E-state index is 13.0. The lowest BCUT2D eigenvalue weighted by Gasteiger charge is -2.35. The van der Waals surface area contributed by atoms with E-state index < -0.39 is 0 Å². The van der Waals surface area contributed by atoms with Gasteiger partial charge in [-0.2, -0.15) is 0 Å². The molecule has 0 amide bonds. The van der Waals surface area contributed by atoms with E-state index in [9.17, 15) is 9.90 Å². The zero-order valence-electron chi connectivity index (χ0n) is 20.3. The number of aliphatic hydroxyl groups is 1. The number of aryl methyl sites for hydroxylation is 2. The first kappa shape index (κ1) is 24.1. The molecule has 3 rings (SSSR count). The lowest BCUT2D eigenvalue weighted by atomic mass is 9.98. The standard InChI is InChI=1S/C24H36N6O2/c1-15(2)21(22-26-27-28-30(22)24(5,6)7)29(9-8-10-31)14-19-13-18-11-16(3)17(4)12-20(18)25-23(19)32/h11-13,15,21,31H,8-10,14H2,1-7H3,(H,25,32)/t21-/m0/s1. The molecule has 2 N–H and O–H groups in total. The number of fused-ring (bicyclic) bond motifs is 1. The average molecular weight is 441 g/mol. The fourth-order valence-corrected chi connectivity index (χ4v) is 4.19. The summed E-state index contributed by atoms with van der Waals surface area (Å²) >= 11 is 0. The Bertz CT molecular complexity index is 1130. The van der Waals surface area contributed by atoms with Gasteiger partial charge in [0.05, 0.1) is 11.6 Å². The number of nitrogens with zero attached hydrogens (tertiary/aromatic N) is 5. The van der Waals surface area contributed by atoms with Crippen LogP contribution in [-0.4, -0.2) is 48.3 Å². The Morgan fingerprint density at radius 1 is 1.16 bits per heavy atom. The van der Waals surface area contributed by atoms with E-state index in [1.807, 2.05) is 23.7 Å². The molecule has 0 aliphatic rings. The van der Waals surface area contributed by atoms with Crippen molar-refractivity contribution in [3.63, 3.8) is 0 Å². The van der Waals surface area contributed by atoms with Gasteiger partial charge < -0.3 is 10.1 Å². The van der Waals surface area contributed by atoms with Crippen LogP contribution in [0.25, 0.3) is 10.9 Å². The number of benzene rings is 1. The quantitative estimate of drug-likeness (QED) is 0.556. The van der Waals surface area contributed by atoms with E-state index in [0.29, 0.717) is 25.1 Å². The largest absolute Gasteiger partial charge is 0.396 e. The highest BCUT2D eigenvalue weighted by Crippen LogP contribution is 2.31. The minimum atomic E-state index is -0.273. The van der Waals surface area contributed by atoms with E-state index in [-0.39, 0.29) is 29.7 Å². The van der Waals surface area contributed by atoms with Crippen LogP contribution in [0.3, 0.4) is 0 Å². The number of aromatic amines is 1. The Balaban J connectivity index is 2.06. The first-order valence-electron chi connectivity index (χ1n) is 11.3. The van der Waals surface area contributed by atoms with Crippen molar-refractivity contribution in [1.82, 2.24) is 30.1 Å². The molecule has 0 aliphatic heterocycles. The predicted molar refractivity (Wildman–Crippen MR) is 127 cm³/mol. The summed E-state index contributed by atoms with van der Waals surface area (Å²) in [5.41, 5.74) is 3.52. The second-order valence-corrected chi connectivity index (χ2v) is 10.0. The van der Waals surface area contributed by atoms with Gasteiger partial charge in [0.2, 0.25) is 0 Å². The number of aromatic nitrogens is 5. The summed E-state index contributed by atoms with van der Waals surface area (Å²) in [6, 6.07) is 6.01. The molecule has 0 bridgehead atoms. The Morgan fingerprint density at radius 3 is 2.47 bits per heavy atom. The second kappa shape index (κ2) is 9.50. The summed E-state index contributed by atoms with van der Waals surface area (Å²) in [6.45, 7) is 15.8. The van der Waals surface area contributed by atoms with E-state index in [0.717, 1.165) is 22.3 Å². The molecule has 1 aromatic carbocycles. The molecule has 0 radical (unpaired) electrons. The molecule has 1 atom stereocenters. The summed E-state index contributed by atoms with van der Waals surface area (Å²) < 4.78 is 1.86. The van der Waals surface area contributed by atoms with Gasteiger partial charge in [-0.1, -0.05) is 13.8 Å². The molecule has 0 saturated heterocycles. The van der Waals surface area contributed by atoms with E-state index in [1.165, 1.54) is 5.56 Å². The van der Waals surface area contributed by atoms with Crippen molar-refractivity contribution in [1.29, 1.82) is 0 Å². The first-order chi connectivity index (χ1) is 15.0. The fraction of sp³-hybridized carbons (Fsp3) is 0.583. The average Bonchev–Trinajstić information content (AvgIpc) is 3.17. The van der Waals surface area contributed by atoms with Gasteiger partial charge in [-0.25, -0.2) is 4.68 Å². The molecule has 0 unspecified atom stereocenters. The summed E-state index contributed by atoms with van der Waals surface area (Å²) in [6.07, 6.45) is 0.601. The van der Waals surface area contributed by atoms with E-state index in [2.05, 4.69) is 73.0 Å². The van der Waals surface area contributed by atoms with Crippen LogP contribution in [0.1, 0.15) is 69.6 Å². The zero-order valence-corrected chi connectivity index (χ0v) is 20.3. The summed E-state index contributed by atoms with van der Waals surface area (Å²) in [4.78, 5) is 18.2. The number of aliphatic hydroxyl groups excluding tert-OH is 1. The Hall–Kier alpha value is -2.58. The Morgan fingerprint density at radius 2 is 1.84 bits per heavy atom. The van der Waals surface area contributed by atoms with Gasteiger partial charge >= 0.3 is 0 Å². The Kier molecular flexibility index (Phi) is 7.15. The van der Waals surface area contributed by atoms with Gasteiger partial charge in [0, 0.05) is 30.8 Å². The molecule has 174 valence electrons. The van der Waals surface area contributed by atoms with Gasteiger partial charge in [-0.05, 0) is 92.1 Å². The highest BCUT2D eigenvalue weighted by atomic mass is 16.3. The van der Waals surface area contributed by atoms with Crippen molar-refractivity contribution in [3.8, 4) is 0 Å². The summed E-state index contributed by atoms with van der Waals surface area (Å²) in [5, 5.41) is 23.1. The number of hydrogen-bond donors (Lipinski definition) is 2. The van der Waals surface area contributed by atoms with E-state index in [4.69, 9.17) is 0 Å². The highest BCUT2D eigenvalue weighted by molar-refractivity contribution is 5.80. The first-order valence-corrected chi connectivity index (χ1v) is 11.3. The number of nitrogens with one attached hydrogen (secondary N) is 1. The maximum Gasteiger partial charge on any atom is 0.252 e. The van der Waals surface area contributed by atoms with Gasteiger partial charge in [0.25, 0.3) is 5.56 Å².